The number of amides is 1. The number of hydrogen-bond donors (Lipinski definition) is 4. The van der Waals surface area contributed by atoms with Gasteiger partial charge in [0.05, 0.1) is 6.61 Å². The molecule has 0 atom stereocenters. The maximum Gasteiger partial charge on any atom is 0.269 e. The number of nitrogens with one attached hydrogen (secondary N) is 1. The van der Waals surface area contributed by atoms with E-state index < -0.39 is 5.91 Å². The molecule has 0 saturated heterocycles. The third-order valence-corrected chi connectivity index (χ3v) is 0.989. The monoisotopic (exact) mass is 177 g/mol. The number of nitrogens with zero attached hydrogens (tertiary/aromatic N) is 1. The van der Waals surface area contributed by atoms with Gasteiger partial charge in [0.25, 0.3) is 5.91 Å². The third kappa shape index (κ3) is 5.45. The van der Waals surface area contributed by atoms with Gasteiger partial charge in [-0.3, -0.25) is 10.0 Å². The van der Waals surface area contributed by atoms with Crippen LogP contribution in [0.15, 0.2) is 5.16 Å². The van der Waals surface area contributed by atoms with E-state index in [0.29, 0.717) is 0 Å². The zero-order chi connectivity index (χ0) is 9.40. The lowest BCUT2D eigenvalue weighted by atomic mass is 10.4. The van der Waals surface area contributed by atoms with Crippen molar-refractivity contribution >= 4 is 11.7 Å². The maximum absolute atomic E-state index is 10.3. The summed E-state index contributed by atoms with van der Waals surface area (Å²) in [5.74, 6) is -0.617. The van der Waals surface area contributed by atoms with Crippen molar-refractivity contribution in [2.75, 3.05) is 13.2 Å². The van der Waals surface area contributed by atoms with Crippen molar-refractivity contribution in [3.63, 3.8) is 0 Å². The van der Waals surface area contributed by atoms with E-state index in [4.69, 9.17) is 20.9 Å². The molecule has 12 heavy (non-hydrogen) atoms. The van der Waals surface area contributed by atoms with Crippen molar-refractivity contribution in [1.82, 2.24) is 5.48 Å². The number of ether oxygens (including phenoxy) is 1. The summed E-state index contributed by atoms with van der Waals surface area (Å²) in [6.07, 6.45) is 0.231. The van der Waals surface area contributed by atoms with Crippen molar-refractivity contribution in [1.29, 1.82) is 0 Å². The van der Waals surface area contributed by atoms with Crippen molar-refractivity contribution in [2.45, 2.75) is 6.42 Å². The fourth-order valence-corrected chi connectivity index (χ4v) is 0.424. The molecule has 0 aromatic carbocycles. The highest BCUT2D eigenvalue weighted by molar-refractivity contribution is 5.79. The smallest absolute Gasteiger partial charge is 0.269 e. The number of rotatable bonds is 5. The van der Waals surface area contributed by atoms with Gasteiger partial charge in [-0.05, 0) is 0 Å². The third-order valence-electron chi connectivity index (χ3n) is 0.989. The molecule has 0 saturated carbocycles. The predicted molar refractivity (Wildman–Crippen MR) is 38.8 cm³/mol. The number of carbonyl (C=O) groups excluding carboxylic acids is 1. The van der Waals surface area contributed by atoms with Crippen molar-refractivity contribution in [2.24, 2.45) is 10.9 Å². The minimum Gasteiger partial charge on any atom is -0.409 e. The van der Waals surface area contributed by atoms with Gasteiger partial charge in [0.1, 0.15) is 12.4 Å². The second kappa shape index (κ2) is 6.38. The zero-order valence-electron chi connectivity index (χ0n) is 6.36. The second-order valence-corrected chi connectivity index (χ2v) is 1.93. The quantitative estimate of drug-likeness (QED) is 0.103. The Morgan fingerprint density at radius 1 is 1.67 bits per heavy atom. The van der Waals surface area contributed by atoms with E-state index in [9.17, 15) is 4.79 Å². The normalized spacial score (nSPS) is 11.2. The SMILES string of the molecule is NC(CCOCC(=O)NO)=NO. The second-order valence-electron chi connectivity index (χ2n) is 1.93. The highest BCUT2D eigenvalue weighted by Crippen LogP contribution is 1.82. The average molecular weight is 177 g/mol. The summed E-state index contributed by atoms with van der Waals surface area (Å²) in [6.45, 7) is -0.0987. The van der Waals surface area contributed by atoms with Gasteiger partial charge in [-0.2, -0.15) is 0 Å². The summed E-state index contributed by atoms with van der Waals surface area (Å²) < 4.78 is 4.71. The van der Waals surface area contributed by atoms with Gasteiger partial charge >= 0.3 is 0 Å². The maximum atomic E-state index is 10.3. The first-order valence-electron chi connectivity index (χ1n) is 3.17. The lowest BCUT2D eigenvalue weighted by Crippen LogP contribution is -2.25. The number of carbonyl (C=O) groups is 1. The lowest BCUT2D eigenvalue weighted by Gasteiger charge is -2.00. The van der Waals surface area contributed by atoms with E-state index in [0.717, 1.165) is 0 Å². The molecule has 0 fully saturated rings. The van der Waals surface area contributed by atoms with Crippen LogP contribution >= 0.6 is 0 Å². The number of nitrogens with two attached hydrogens (primary N) is 1. The Morgan fingerprint density at radius 3 is 2.83 bits per heavy atom. The molecule has 7 nitrogen and oxygen atoms in total. The molecule has 0 aliphatic rings. The molecule has 0 heterocycles. The number of amidine groups is 1. The summed E-state index contributed by atoms with van der Waals surface area (Å²) in [5, 5.41) is 18.8. The molecular formula is C5H11N3O4. The van der Waals surface area contributed by atoms with Crippen LogP contribution < -0.4 is 11.2 Å². The summed E-state index contributed by atoms with van der Waals surface area (Å²) in [4.78, 5) is 10.3. The highest BCUT2D eigenvalue weighted by Gasteiger charge is 1.98. The van der Waals surface area contributed by atoms with Crippen LogP contribution in [-0.2, 0) is 9.53 Å². The summed E-state index contributed by atoms with van der Waals surface area (Å²) in [7, 11) is 0. The van der Waals surface area contributed by atoms with Gasteiger partial charge < -0.3 is 15.7 Å². The van der Waals surface area contributed by atoms with Crippen LogP contribution in [0.3, 0.4) is 0 Å². The van der Waals surface area contributed by atoms with Crippen LogP contribution in [-0.4, -0.2) is 35.4 Å². The lowest BCUT2D eigenvalue weighted by molar-refractivity contribution is -0.133. The van der Waals surface area contributed by atoms with Gasteiger partial charge in [-0.1, -0.05) is 5.16 Å². The average Bonchev–Trinajstić information content (AvgIpc) is 2.11. The van der Waals surface area contributed by atoms with Crippen molar-refractivity contribution in [3.8, 4) is 0 Å². The Morgan fingerprint density at radius 2 is 2.33 bits per heavy atom. The molecule has 0 spiro atoms. The molecule has 70 valence electrons. The van der Waals surface area contributed by atoms with E-state index in [1.165, 1.54) is 5.48 Å². The molecule has 0 aromatic heterocycles. The number of hydrogen-bond acceptors (Lipinski definition) is 5. The number of oxime groups is 1. The molecule has 0 radical (unpaired) electrons. The van der Waals surface area contributed by atoms with E-state index in [-0.39, 0.29) is 25.5 Å². The topological polar surface area (TPSA) is 117 Å². The molecule has 0 aliphatic carbocycles. The standard InChI is InChI=1S/C5H11N3O4/c6-4(7-10)1-2-12-3-5(9)8-11/h10-11H,1-3H2,(H2,6,7)(H,8,9). The Hall–Kier alpha value is -1.34. The molecule has 0 bridgehead atoms. The van der Waals surface area contributed by atoms with Gasteiger partial charge in [-0.25, -0.2) is 5.48 Å². The minimum atomic E-state index is -0.644. The summed E-state index contributed by atoms with van der Waals surface area (Å²) in [5.41, 5.74) is 6.48. The fraction of sp³-hybridized carbons (Fsp3) is 0.600. The Balaban J connectivity index is 3.27. The van der Waals surface area contributed by atoms with Crippen molar-refractivity contribution < 1.29 is 19.9 Å². The Labute approximate surface area is 68.8 Å². The molecule has 0 aromatic rings. The van der Waals surface area contributed by atoms with Gasteiger partial charge in [-0.15, -0.1) is 0 Å². The van der Waals surface area contributed by atoms with Crippen LogP contribution in [0.2, 0.25) is 0 Å². The molecule has 0 unspecified atom stereocenters. The van der Waals surface area contributed by atoms with E-state index >= 15 is 0 Å². The largest absolute Gasteiger partial charge is 0.409 e. The first-order valence-corrected chi connectivity index (χ1v) is 3.17. The molecule has 5 N–H and O–H groups in total. The molecule has 1 amide bonds. The molecule has 0 aliphatic heterocycles. The molecule has 0 rings (SSSR count). The van der Waals surface area contributed by atoms with Gasteiger partial charge in [0.2, 0.25) is 0 Å². The highest BCUT2D eigenvalue weighted by atomic mass is 16.5. The van der Waals surface area contributed by atoms with E-state index in [2.05, 4.69) is 5.16 Å². The summed E-state index contributed by atoms with van der Waals surface area (Å²) in [6, 6.07) is 0. The van der Waals surface area contributed by atoms with Crippen molar-refractivity contribution in [3.05, 3.63) is 0 Å². The van der Waals surface area contributed by atoms with Crippen LogP contribution in [0.1, 0.15) is 6.42 Å². The van der Waals surface area contributed by atoms with Crippen LogP contribution in [0, 0.1) is 0 Å². The minimum absolute atomic E-state index is 0.0272. The van der Waals surface area contributed by atoms with Crippen LogP contribution in [0.25, 0.3) is 0 Å². The summed E-state index contributed by atoms with van der Waals surface area (Å²) >= 11 is 0. The Kier molecular flexibility index (Phi) is 5.66. The van der Waals surface area contributed by atoms with Gasteiger partial charge in [0, 0.05) is 6.42 Å². The zero-order valence-corrected chi connectivity index (χ0v) is 6.36. The molecule has 7 heteroatoms. The molecular weight excluding hydrogens is 166 g/mol. The predicted octanol–water partition coefficient (Wildman–Crippen LogP) is -1.36. The first-order chi connectivity index (χ1) is 5.70. The van der Waals surface area contributed by atoms with Crippen LogP contribution in [0.4, 0.5) is 0 Å². The fourth-order valence-electron chi connectivity index (χ4n) is 0.424. The first kappa shape index (κ1) is 10.7. The number of hydroxylamine groups is 1. The van der Waals surface area contributed by atoms with Crippen LogP contribution in [0.5, 0.6) is 0 Å². The Bertz CT molecular complexity index is 170. The van der Waals surface area contributed by atoms with E-state index in [1.807, 2.05) is 0 Å². The van der Waals surface area contributed by atoms with Gasteiger partial charge in [0.15, 0.2) is 0 Å². The van der Waals surface area contributed by atoms with E-state index in [1.54, 1.807) is 0 Å².